The second-order valence-electron chi connectivity index (χ2n) is 13.5. The first-order chi connectivity index (χ1) is 26.3. The highest BCUT2D eigenvalue weighted by molar-refractivity contribution is 7.22. The average molecular weight is 695 g/mol. The van der Waals surface area contributed by atoms with Crippen LogP contribution in [0.4, 0.5) is 0 Å². The summed E-state index contributed by atoms with van der Waals surface area (Å²) < 4.78 is 9.95. The molecule has 11 rings (SSSR count). The molecule has 0 unspecified atom stereocenters. The van der Waals surface area contributed by atoms with Crippen molar-refractivity contribution in [2.24, 2.45) is 0 Å². The standard InChI is InChI=1S/C49H30N2OS/c1-3-12-31(13-4-1)35-16-11-17-37(28-35)51-42-20-9-7-18-38(42)39-27-26-36(29-43(39)51)32-22-24-34(25-23-32)49-50-47-41(33-14-5-2-6-15-33)30-45-46(48(47)53-49)40-19-8-10-21-44(40)52-45/h1-30H. The summed E-state index contributed by atoms with van der Waals surface area (Å²) in [5, 5.41) is 5.74. The Morgan fingerprint density at radius 1 is 0.434 bits per heavy atom. The molecule has 0 aliphatic carbocycles. The molecule has 0 fully saturated rings. The quantitative estimate of drug-likeness (QED) is 0.180. The minimum Gasteiger partial charge on any atom is -0.456 e. The van der Waals surface area contributed by atoms with Crippen LogP contribution in [0.5, 0.6) is 0 Å². The number of fused-ring (bicyclic) bond motifs is 8. The molecule has 11 aromatic rings. The Morgan fingerprint density at radius 3 is 1.89 bits per heavy atom. The zero-order valence-corrected chi connectivity index (χ0v) is 29.3. The number of furan rings is 1. The summed E-state index contributed by atoms with van der Waals surface area (Å²) in [6, 6.07) is 64.9. The predicted octanol–water partition coefficient (Wildman–Crippen LogP) is 14.0. The van der Waals surface area contributed by atoms with Crippen LogP contribution in [0.1, 0.15) is 0 Å². The maximum absolute atomic E-state index is 6.39. The van der Waals surface area contributed by atoms with Crippen molar-refractivity contribution in [2.45, 2.75) is 0 Å². The third-order valence-electron chi connectivity index (χ3n) is 10.4. The first-order valence-corrected chi connectivity index (χ1v) is 18.7. The molecular formula is C49H30N2OS. The summed E-state index contributed by atoms with van der Waals surface area (Å²) in [7, 11) is 0. The Bertz CT molecular complexity index is 3150. The van der Waals surface area contributed by atoms with Gasteiger partial charge in [0.15, 0.2) is 0 Å². The summed E-state index contributed by atoms with van der Waals surface area (Å²) in [4.78, 5) is 5.31. The smallest absolute Gasteiger partial charge is 0.137 e. The van der Waals surface area contributed by atoms with E-state index >= 15 is 0 Å². The third-order valence-corrected chi connectivity index (χ3v) is 11.6. The van der Waals surface area contributed by atoms with Gasteiger partial charge in [0.05, 0.1) is 21.3 Å². The number of aromatic nitrogens is 2. The summed E-state index contributed by atoms with van der Waals surface area (Å²) in [5.41, 5.74) is 14.4. The molecule has 0 N–H and O–H groups in total. The van der Waals surface area contributed by atoms with Crippen molar-refractivity contribution >= 4 is 65.3 Å². The maximum atomic E-state index is 6.39. The topological polar surface area (TPSA) is 31.0 Å². The van der Waals surface area contributed by atoms with Gasteiger partial charge in [-0.15, -0.1) is 11.3 Å². The molecule has 0 amide bonds. The van der Waals surface area contributed by atoms with Crippen molar-refractivity contribution in [2.75, 3.05) is 0 Å². The molecule has 0 bridgehead atoms. The van der Waals surface area contributed by atoms with Gasteiger partial charge in [0.1, 0.15) is 16.2 Å². The van der Waals surface area contributed by atoms with Crippen LogP contribution < -0.4 is 0 Å². The van der Waals surface area contributed by atoms with Gasteiger partial charge < -0.3 is 8.98 Å². The zero-order valence-electron chi connectivity index (χ0n) is 28.5. The minimum absolute atomic E-state index is 0.891. The van der Waals surface area contributed by atoms with Crippen LogP contribution in [0.25, 0.3) is 104 Å². The summed E-state index contributed by atoms with van der Waals surface area (Å²) >= 11 is 1.74. The number of benzene rings is 8. The number of hydrogen-bond donors (Lipinski definition) is 0. The Labute approximate surface area is 309 Å². The van der Waals surface area contributed by atoms with Gasteiger partial charge >= 0.3 is 0 Å². The first kappa shape index (κ1) is 29.9. The fraction of sp³-hybridized carbons (Fsp3) is 0. The first-order valence-electron chi connectivity index (χ1n) is 17.9. The van der Waals surface area contributed by atoms with Gasteiger partial charge in [0.25, 0.3) is 0 Å². The van der Waals surface area contributed by atoms with Crippen molar-refractivity contribution in [3.63, 3.8) is 0 Å². The second-order valence-corrected chi connectivity index (χ2v) is 14.5. The van der Waals surface area contributed by atoms with Crippen LogP contribution in [0.3, 0.4) is 0 Å². The number of rotatable bonds is 5. The van der Waals surface area contributed by atoms with E-state index in [1.807, 2.05) is 12.1 Å². The molecule has 0 aliphatic rings. The lowest BCUT2D eigenvalue weighted by molar-refractivity contribution is 0.669. The van der Waals surface area contributed by atoms with Crippen LogP contribution in [0.15, 0.2) is 186 Å². The molecule has 53 heavy (non-hydrogen) atoms. The number of hydrogen-bond acceptors (Lipinski definition) is 3. The largest absolute Gasteiger partial charge is 0.456 e. The van der Waals surface area contributed by atoms with Crippen LogP contribution in [0, 0.1) is 0 Å². The molecule has 0 aliphatic heterocycles. The van der Waals surface area contributed by atoms with E-state index in [9.17, 15) is 0 Å². The summed E-state index contributed by atoms with van der Waals surface area (Å²) in [6.07, 6.45) is 0. The van der Waals surface area contributed by atoms with Crippen molar-refractivity contribution < 1.29 is 4.42 Å². The van der Waals surface area contributed by atoms with Gasteiger partial charge in [-0.05, 0) is 64.2 Å². The van der Waals surface area contributed by atoms with E-state index in [0.717, 1.165) is 59.5 Å². The van der Waals surface area contributed by atoms with Crippen molar-refractivity contribution in [1.29, 1.82) is 0 Å². The van der Waals surface area contributed by atoms with E-state index in [0.29, 0.717) is 0 Å². The highest BCUT2D eigenvalue weighted by Gasteiger charge is 2.20. The Morgan fingerprint density at radius 2 is 1.06 bits per heavy atom. The Hall–Kier alpha value is -6.75. The molecule has 0 atom stereocenters. The molecule has 3 aromatic heterocycles. The lowest BCUT2D eigenvalue weighted by Crippen LogP contribution is -1.94. The summed E-state index contributed by atoms with van der Waals surface area (Å²) in [6.45, 7) is 0. The van der Waals surface area contributed by atoms with Gasteiger partial charge in [-0.2, -0.15) is 0 Å². The highest BCUT2D eigenvalue weighted by Crippen LogP contribution is 2.44. The minimum atomic E-state index is 0.891. The van der Waals surface area contributed by atoms with Crippen LogP contribution in [0.2, 0.25) is 0 Å². The molecular weight excluding hydrogens is 665 g/mol. The fourth-order valence-corrected chi connectivity index (χ4v) is 9.07. The SMILES string of the molecule is c1ccc(-c2cccc(-n3c4ccccc4c4ccc(-c5ccc(-c6nc7c(-c8ccccc8)cc8oc9ccccc9c8c7s6)cc5)cc43)c2)cc1. The number of thiazole rings is 1. The normalized spacial score (nSPS) is 11.8. The van der Waals surface area contributed by atoms with E-state index in [2.05, 4.69) is 174 Å². The van der Waals surface area contributed by atoms with Crippen molar-refractivity contribution in [3.05, 3.63) is 182 Å². The van der Waals surface area contributed by atoms with E-state index in [4.69, 9.17) is 9.40 Å². The molecule has 0 saturated heterocycles. The van der Waals surface area contributed by atoms with Crippen molar-refractivity contribution in [1.82, 2.24) is 9.55 Å². The van der Waals surface area contributed by atoms with E-state index < -0.39 is 0 Å². The zero-order chi connectivity index (χ0) is 34.9. The molecule has 0 saturated carbocycles. The van der Waals surface area contributed by atoms with Gasteiger partial charge in [-0.3, -0.25) is 0 Å². The lowest BCUT2D eigenvalue weighted by Gasteiger charge is -2.11. The van der Waals surface area contributed by atoms with E-state index in [-0.39, 0.29) is 0 Å². The molecule has 8 aromatic carbocycles. The van der Waals surface area contributed by atoms with Crippen LogP contribution >= 0.6 is 11.3 Å². The molecule has 0 radical (unpaired) electrons. The molecule has 4 heteroatoms. The summed E-state index contributed by atoms with van der Waals surface area (Å²) in [5.74, 6) is 0. The Balaban J connectivity index is 1.03. The number of para-hydroxylation sites is 2. The Kier molecular flexibility index (Phi) is 6.73. The van der Waals surface area contributed by atoms with Gasteiger partial charge in [-0.1, -0.05) is 146 Å². The van der Waals surface area contributed by atoms with Crippen molar-refractivity contribution in [3.8, 4) is 49.6 Å². The molecule has 0 spiro atoms. The molecule has 3 heterocycles. The van der Waals surface area contributed by atoms with Crippen LogP contribution in [-0.2, 0) is 0 Å². The maximum Gasteiger partial charge on any atom is 0.137 e. The van der Waals surface area contributed by atoms with Gasteiger partial charge in [0, 0.05) is 38.4 Å². The molecule has 3 nitrogen and oxygen atoms in total. The van der Waals surface area contributed by atoms with E-state index in [1.165, 1.54) is 44.1 Å². The number of nitrogens with zero attached hydrogens (tertiary/aromatic N) is 2. The van der Waals surface area contributed by atoms with Crippen LogP contribution in [-0.4, -0.2) is 9.55 Å². The predicted molar refractivity (Wildman–Crippen MR) is 223 cm³/mol. The highest BCUT2D eigenvalue weighted by atomic mass is 32.1. The van der Waals surface area contributed by atoms with Gasteiger partial charge in [-0.25, -0.2) is 4.98 Å². The lowest BCUT2D eigenvalue weighted by atomic mass is 10.0. The average Bonchev–Trinajstić information content (AvgIpc) is 3.93. The van der Waals surface area contributed by atoms with E-state index in [1.54, 1.807) is 11.3 Å². The molecule has 248 valence electrons. The second kappa shape index (κ2) is 11.9. The van der Waals surface area contributed by atoms with Gasteiger partial charge in [0.2, 0.25) is 0 Å². The monoisotopic (exact) mass is 694 g/mol. The third kappa shape index (κ3) is 4.84. The fourth-order valence-electron chi connectivity index (χ4n) is 7.92.